The van der Waals surface area contributed by atoms with Crippen molar-refractivity contribution < 1.29 is 9.18 Å². The number of carbonyl (C=O) groups is 1. The average molecular weight is 399 g/mol. The normalized spacial score (nSPS) is 11.0. The summed E-state index contributed by atoms with van der Waals surface area (Å²) in [6.07, 6.45) is 1.40. The van der Waals surface area contributed by atoms with E-state index in [-0.39, 0.29) is 30.4 Å². The van der Waals surface area contributed by atoms with Gasteiger partial charge in [-0.15, -0.1) is 22.7 Å². The van der Waals surface area contributed by atoms with Gasteiger partial charge in [0.25, 0.3) is 5.56 Å². The molecular weight excluding hydrogens is 385 g/mol. The lowest BCUT2D eigenvalue weighted by molar-refractivity contribution is -0.121. The fraction of sp³-hybridized carbons (Fsp3) is 0.105. The van der Waals surface area contributed by atoms with Gasteiger partial charge in [-0.2, -0.15) is 0 Å². The number of halogens is 1. The van der Waals surface area contributed by atoms with Crippen molar-refractivity contribution >= 4 is 38.8 Å². The SMILES string of the molecule is O=C(Cn1cnc2scc(-c3cccs3)c2c1=O)NCc1ccc(F)cc1. The Balaban J connectivity index is 1.54. The van der Waals surface area contributed by atoms with Crippen LogP contribution in [-0.2, 0) is 17.9 Å². The Bertz CT molecular complexity index is 1150. The van der Waals surface area contributed by atoms with Crippen molar-refractivity contribution in [1.82, 2.24) is 14.9 Å². The molecule has 3 aromatic heterocycles. The van der Waals surface area contributed by atoms with Crippen LogP contribution in [0.1, 0.15) is 5.56 Å². The maximum absolute atomic E-state index is 12.9. The zero-order valence-electron chi connectivity index (χ0n) is 14.0. The predicted octanol–water partition coefficient (Wildman–Crippen LogP) is 3.64. The molecule has 136 valence electrons. The summed E-state index contributed by atoms with van der Waals surface area (Å²) >= 11 is 2.97. The zero-order chi connectivity index (χ0) is 18.8. The van der Waals surface area contributed by atoms with Gasteiger partial charge in [-0.1, -0.05) is 18.2 Å². The van der Waals surface area contributed by atoms with Gasteiger partial charge in [0.05, 0.1) is 11.7 Å². The highest BCUT2D eigenvalue weighted by molar-refractivity contribution is 7.18. The molecule has 4 rings (SSSR count). The summed E-state index contributed by atoms with van der Waals surface area (Å²) in [5, 5.41) is 7.15. The van der Waals surface area contributed by atoms with Crippen molar-refractivity contribution in [2.45, 2.75) is 13.1 Å². The lowest BCUT2D eigenvalue weighted by atomic mass is 10.2. The molecule has 5 nitrogen and oxygen atoms in total. The number of nitrogens with one attached hydrogen (secondary N) is 1. The molecule has 1 amide bonds. The summed E-state index contributed by atoms with van der Waals surface area (Å²) in [6, 6.07) is 9.78. The van der Waals surface area contributed by atoms with Gasteiger partial charge >= 0.3 is 0 Å². The largest absolute Gasteiger partial charge is 0.350 e. The summed E-state index contributed by atoms with van der Waals surface area (Å²) in [4.78, 5) is 31.1. The van der Waals surface area contributed by atoms with E-state index < -0.39 is 0 Å². The van der Waals surface area contributed by atoms with E-state index in [0.29, 0.717) is 10.2 Å². The van der Waals surface area contributed by atoms with E-state index in [9.17, 15) is 14.0 Å². The van der Waals surface area contributed by atoms with Gasteiger partial charge in [0.15, 0.2) is 0 Å². The van der Waals surface area contributed by atoms with Gasteiger partial charge in [-0.25, -0.2) is 9.37 Å². The molecule has 4 aromatic rings. The number of fused-ring (bicyclic) bond motifs is 1. The van der Waals surface area contributed by atoms with Crippen LogP contribution in [0.3, 0.4) is 0 Å². The molecule has 0 spiro atoms. The zero-order valence-corrected chi connectivity index (χ0v) is 15.6. The van der Waals surface area contributed by atoms with Crippen molar-refractivity contribution in [3.63, 3.8) is 0 Å². The number of hydrogen-bond acceptors (Lipinski definition) is 5. The fourth-order valence-corrected chi connectivity index (χ4v) is 4.43. The second-order valence-corrected chi connectivity index (χ2v) is 7.69. The van der Waals surface area contributed by atoms with Gasteiger partial charge < -0.3 is 5.32 Å². The molecule has 0 bridgehead atoms. The van der Waals surface area contributed by atoms with Crippen molar-refractivity contribution in [2.75, 3.05) is 0 Å². The summed E-state index contributed by atoms with van der Waals surface area (Å²) in [5.41, 5.74) is 1.40. The van der Waals surface area contributed by atoms with Crippen molar-refractivity contribution in [3.05, 3.63) is 75.2 Å². The quantitative estimate of drug-likeness (QED) is 0.557. The Morgan fingerprint density at radius 3 is 2.74 bits per heavy atom. The first-order valence-electron chi connectivity index (χ1n) is 8.13. The lowest BCUT2D eigenvalue weighted by Crippen LogP contribution is -2.32. The highest BCUT2D eigenvalue weighted by Gasteiger charge is 2.15. The highest BCUT2D eigenvalue weighted by atomic mass is 32.1. The van der Waals surface area contributed by atoms with Gasteiger partial charge in [-0.05, 0) is 29.1 Å². The Kier molecular flexibility index (Phi) is 4.83. The molecule has 1 N–H and O–H groups in total. The Morgan fingerprint density at radius 1 is 1.19 bits per heavy atom. The molecule has 0 saturated carbocycles. The van der Waals surface area contributed by atoms with E-state index in [1.165, 1.54) is 34.4 Å². The highest BCUT2D eigenvalue weighted by Crippen LogP contribution is 2.33. The maximum atomic E-state index is 12.9. The van der Waals surface area contributed by atoms with E-state index >= 15 is 0 Å². The minimum atomic E-state index is -0.326. The number of benzene rings is 1. The number of amides is 1. The molecule has 27 heavy (non-hydrogen) atoms. The molecule has 0 fully saturated rings. The van der Waals surface area contributed by atoms with Crippen LogP contribution in [0.4, 0.5) is 4.39 Å². The maximum Gasteiger partial charge on any atom is 0.263 e. The van der Waals surface area contributed by atoms with Crippen LogP contribution in [0.2, 0.25) is 0 Å². The molecule has 0 aliphatic carbocycles. The molecule has 0 aliphatic heterocycles. The van der Waals surface area contributed by atoms with Crippen molar-refractivity contribution in [2.24, 2.45) is 0 Å². The van der Waals surface area contributed by atoms with E-state index in [4.69, 9.17) is 0 Å². The molecule has 0 saturated heterocycles. The minimum Gasteiger partial charge on any atom is -0.350 e. The van der Waals surface area contributed by atoms with Crippen molar-refractivity contribution in [3.8, 4) is 10.4 Å². The first-order chi connectivity index (χ1) is 13.1. The third kappa shape index (κ3) is 3.67. The van der Waals surface area contributed by atoms with Crippen LogP contribution >= 0.6 is 22.7 Å². The number of thiophene rings is 2. The van der Waals surface area contributed by atoms with Gasteiger partial charge in [-0.3, -0.25) is 14.2 Å². The molecule has 0 aliphatic rings. The first-order valence-corrected chi connectivity index (χ1v) is 9.89. The number of nitrogens with zero attached hydrogens (tertiary/aromatic N) is 2. The Morgan fingerprint density at radius 2 is 2.00 bits per heavy atom. The molecular formula is C19H14FN3O2S2. The van der Waals surface area contributed by atoms with E-state index in [1.54, 1.807) is 23.5 Å². The smallest absolute Gasteiger partial charge is 0.263 e. The number of carbonyl (C=O) groups excluding carboxylic acids is 1. The lowest BCUT2D eigenvalue weighted by Gasteiger charge is -2.08. The summed E-state index contributed by atoms with van der Waals surface area (Å²) < 4.78 is 14.2. The van der Waals surface area contributed by atoms with Crippen LogP contribution in [0.15, 0.2) is 58.3 Å². The second-order valence-electron chi connectivity index (χ2n) is 5.89. The molecule has 0 unspecified atom stereocenters. The number of hydrogen-bond donors (Lipinski definition) is 1. The van der Waals surface area contributed by atoms with Gasteiger partial charge in [0.1, 0.15) is 17.2 Å². The van der Waals surface area contributed by atoms with Gasteiger partial charge in [0, 0.05) is 22.4 Å². The van der Waals surface area contributed by atoms with Crippen LogP contribution in [-0.4, -0.2) is 15.5 Å². The molecule has 8 heteroatoms. The van der Waals surface area contributed by atoms with Crippen LogP contribution in [0.5, 0.6) is 0 Å². The predicted molar refractivity (Wildman–Crippen MR) is 105 cm³/mol. The molecule has 0 atom stereocenters. The summed E-state index contributed by atoms with van der Waals surface area (Å²) in [6.45, 7) is 0.144. The van der Waals surface area contributed by atoms with Crippen LogP contribution in [0, 0.1) is 5.82 Å². The van der Waals surface area contributed by atoms with Gasteiger partial charge in [0.2, 0.25) is 5.91 Å². The average Bonchev–Trinajstić information content (AvgIpc) is 3.33. The van der Waals surface area contributed by atoms with Crippen LogP contribution in [0.25, 0.3) is 20.7 Å². The molecule has 0 radical (unpaired) electrons. The molecule has 1 aromatic carbocycles. The van der Waals surface area contributed by atoms with Crippen LogP contribution < -0.4 is 10.9 Å². The summed E-state index contributed by atoms with van der Waals surface area (Å²) in [5.74, 6) is -0.635. The minimum absolute atomic E-state index is 0.122. The monoisotopic (exact) mass is 399 g/mol. The van der Waals surface area contributed by atoms with Crippen molar-refractivity contribution in [1.29, 1.82) is 0 Å². The topological polar surface area (TPSA) is 64.0 Å². The number of aromatic nitrogens is 2. The van der Waals surface area contributed by atoms with E-state index in [1.807, 2.05) is 22.9 Å². The standard InChI is InChI=1S/C19H14FN3O2S2/c20-13-5-3-12(4-6-13)8-21-16(24)9-23-11-22-18-17(19(23)25)14(10-27-18)15-2-1-7-26-15/h1-7,10-11H,8-9H2,(H,21,24). The number of rotatable bonds is 5. The van der Waals surface area contributed by atoms with E-state index in [2.05, 4.69) is 10.3 Å². The first kappa shape index (κ1) is 17.6. The third-order valence-corrected chi connectivity index (χ3v) is 5.85. The van der Waals surface area contributed by atoms with E-state index in [0.717, 1.165) is 16.0 Å². The second kappa shape index (κ2) is 7.42. The Hall–Kier alpha value is -2.84. The Labute approximate surface area is 161 Å². The third-order valence-electron chi connectivity index (χ3n) is 4.06. The summed E-state index contributed by atoms with van der Waals surface area (Å²) in [7, 11) is 0. The molecule has 3 heterocycles. The fourth-order valence-electron chi connectivity index (χ4n) is 2.71.